The Morgan fingerprint density at radius 1 is 1.28 bits per heavy atom. The summed E-state index contributed by atoms with van der Waals surface area (Å²) < 4.78 is 0. The van der Waals surface area contributed by atoms with E-state index in [1.807, 2.05) is 30.5 Å². The zero-order chi connectivity index (χ0) is 22.3. The first-order valence-corrected chi connectivity index (χ1v) is 11.8. The van der Waals surface area contributed by atoms with Crippen molar-refractivity contribution in [3.05, 3.63) is 59.2 Å². The number of nitrogens with zero attached hydrogens (tertiary/aromatic N) is 3. The number of H-pyrrole nitrogens is 1. The van der Waals surface area contributed by atoms with Gasteiger partial charge in [-0.25, -0.2) is 4.98 Å². The van der Waals surface area contributed by atoms with Gasteiger partial charge in [0.1, 0.15) is 5.82 Å². The van der Waals surface area contributed by atoms with Gasteiger partial charge in [-0.2, -0.15) is 0 Å². The lowest BCUT2D eigenvalue weighted by Gasteiger charge is -2.33. The fourth-order valence-corrected chi connectivity index (χ4v) is 4.60. The fourth-order valence-electron chi connectivity index (χ4n) is 4.60. The SMILES string of the molecule is CCN(Cc1nc2cc(C(=O)NCCCCCN)ccc2[nH]1)C1CCCc2cccnc21. The molecule has 170 valence electrons. The molecule has 7 heteroatoms. The van der Waals surface area contributed by atoms with Crippen LogP contribution in [0.3, 0.4) is 0 Å². The number of unbranched alkanes of at least 4 members (excludes halogenated alkanes) is 2. The number of aromatic nitrogens is 3. The van der Waals surface area contributed by atoms with Gasteiger partial charge in [0.2, 0.25) is 0 Å². The van der Waals surface area contributed by atoms with E-state index in [1.54, 1.807) is 0 Å². The van der Waals surface area contributed by atoms with Crippen LogP contribution in [0.5, 0.6) is 0 Å². The van der Waals surface area contributed by atoms with Crippen LogP contribution in [0.25, 0.3) is 11.0 Å². The number of imidazole rings is 1. The number of carbonyl (C=O) groups is 1. The first-order valence-electron chi connectivity index (χ1n) is 11.8. The van der Waals surface area contributed by atoms with Gasteiger partial charge in [-0.1, -0.05) is 19.4 Å². The second-order valence-electron chi connectivity index (χ2n) is 8.54. The molecular formula is C25H34N6O. The first-order chi connectivity index (χ1) is 15.7. The standard InChI is InChI=1S/C25H34N6O/c1-2-31(22-10-6-8-18-9-7-15-27-24(18)22)17-23-29-20-12-11-19(16-21(20)30-23)25(32)28-14-5-3-4-13-26/h7,9,11-12,15-16,22H,2-6,8,10,13-14,17,26H2,1H3,(H,28,32)(H,29,30). The topological polar surface area (TPSA) is 99.9 Å². The molecule has 0 fully saturated rings. The smallest absolute Gasteiger partial charge is 0.251 e. The molecule has 0 saturated carbocycles. The van der Waals surface area contributed by atoms with Crippen molar-refractivity contribution in [3.8, 4) is 0 Å². The van der Waals surface area contributed by atoms with Crippen molar-refractivity contribution in [2.75, 3.05) is 19.6 Å². The molecule has 2 heterocycles. The van der Waals surface area contributed by atoms with E-state index in [9.17, 15) is 4.79 Å². The van der Waals surface area contributed by atoms with Crippen LogP contribution in [0.4, 0.5) is 0 Å². The van der Waals surface area contributed by atoms with Crippen molar-refractivity contribution < 1.29 is 4.79 Å². The zero-order valence-corrected chi connectivity index (χ0v) is 18.9. The van der Waals surface area contributed by atoms with E-state index in [1.165, 1.54) is 17.7 Å². The Morgan fingerprint density at radius 2 is 2.19 bits per heavy atom. The summed E-state index contributed by atoms with van der Waals surface area (Å²) in [4.78, 5) is 27.9. The van der Waals surface area contributed by atoms with Gasteiger partial charge in [0.15, 0.2) is 0 Å². The Bertz CT molecular complexity index is 1050. The summed E-state index contributed by atoms with van der Waals surface area (Å²) in [6.45, 7) is 5.22. The molecule has 0 saturated heterocycles. The number of benzene rings is 1. The van der Waals surface area contributed by atoms with Gasteiger partial charge in [0.25, 0.3) is 5.91 Å². The van der Waals surface area contributed by atoms with E-state index in [0.29, 0.717) is 24.7 Å². The lowest BCUT2D eigenvalue weighted by molar-refractivity contribution is 0.0953. The van der Waals surface area contributed by atoms with Crippen LogP contribution in [0.15, 0.2) is 36.5 Å². The molecule has 1 amide bonds. The van der Waals surface area contributed by atoms with E-state index in [4.69, 9.17) is 15.7 Å². The summed E-state index contributed by atoms with van der Waals surface area (Å²) in [5, 5.41) is 2.99. The number of hydrogen-bond acceptors (Lipinski definition) is 5. The third kappa shape index (κ3) is 5.16. The van der Waals surface area contributed by atoms with Gasteiger partial charge in [0.05, 0.1) is 29.3 Å². The number of rotatable bonds is 10. The molecular weight excluding hydrogens is 400 g/mol. The summed E-state index contributed by atoms with van der Waals surface area (Å²) in [6, 6.07) is 10.2. The number of nitrogens with one attached hydrogen (secondary N) is 2. The van der Waals surface area contributed by atoms with Crippen molar-refractivity contribution >= 4 is 16.9 Å². The number of nitrogens with two attached hydrogens (primary N) is 1. The highest BCUT2D eigenvalue weighted by Crippen LogP contribution is 2.33. The second-order valence-corrected chi connectivity index (χ2v) is 8.54. The van der Waals surface area contributed by atoms with Gasteiger partial charge in [-0.3, -0.25) is 14.7 Å². The minimum atomic E-state index is -0.0516. The normalized spacial score (nSPS) is 15.8. The van der Waals surface area contributed by atoms with Crippen LogP contribution in [0, 0.1) is 0 Å². The number of aromatic amines is 1. The number of carbonyl (C=O) groups excluding carboxylic acids is 1. The fraction of sp³-hybridized carbons (Fsp3) is 0.480. The van der Waals surface area contributed by atoms with E-state index in [0.717, 1.165) is 62.1 Å². The number of fused-ring (bicyclic) bond motifs is 2. The summed E-state index contributed by atoms with van der Waals surface area (Å²) in [5.41, 5.74) is 10.5. The lowest BCUT2D eigenvalue weighted by atomic mass is 9.91. The van der Waals surface area contributed by atoms with E-state index >= 15 is 0 Å². The van der Waals surface area contributed by atoms with Crippen molar-refractivity contribution in [1.29, 1.82) is 0 Å². The van der Waals surface area contributed by atoms with E-state index in [-0.39, 0.29) is 5.91 Å². The molecule has 1 aliphatic carbocycles. The molecule has 2 aromatic heterocycles. The molecule has 0 aliphatic heterocycles. The summed E-state index contributed by atoms with van der Waals surface area (Å²) in [6.07, 6.45) is 8.29. The largest absolute Gasteiger partial charge is 0.352 e. The van der Waals surface area contributed by atoms with Crippen LogP contribution >= 0.6 is 0 Å². The van der Waals surface area contributed by atoms with Crippen LogP contribution in [0.2, 0.25) is 0 Å². The Hall–Kier alpha value is -2.77. The molecule has 1 atom stereocenters. The average molecular weight is 435 g/mol. The monoisotopic (exact) mass is 434 g/mol. The highest BCUT2D eigenvalue weighted by Gasteiger charge is 2.27. The predicted molar refractivity (Wildman–Crippen MR) is 127 cm³/mol. The van der Waals surface area contributed by atoms with Crippen molar-refractivity contribution in [1.82, 2.24) is 25.2 Å². The predicted octanol–water partition coefficient (Wildman–Crippen LogP) is 3.72. The average Bonchev–Trinajstić information content (AvgIpc) is 3.23. The molecule has 0 spiro atoms. The third-order valence-corrected chi connectivity index (χ3v) is 6.33. The van der Waals surface area contributed by atoms with Crippen LogP contribution in [-0.2, 0) is 13.0 Å². The summed E-state index contributed by atoms with van der Waals surface area (Å²) in [5.74, 6) is 0.869. The molecule has 7 nitrogen and oxygen atoms in total. The Kier molecular flexibility index (Phi) is 7.50. The number of hydrogen-bond donors (Lipinski definition) is 3. The van der Waals surface area contributed by atoms with Gasteiger partial charge < -0.3 is 16.0 Å². The van der Waals surface area contributed by atoms with Crippen LogP contribution < -0.4 is 11.1 Å². The minimum absolute atomic E-state index is 0.0516. The summed E-state index contributed by atoms with van der Waals surface area (Å²) >= 11 is 0. The molecule has 32 heavy (non-hydrogen) atoms. The Balaban J connectivity index is 1.44. The van der Waals surface area contributed by atoms with Crippen LogP contribution in [0.1, 0.15) is 72.5 Å². The van der Waals surface area contributed by atoms with Crippen molar-refractivity contribution in [2.45, 2.75) is 58.0 Å². The number of aryl methyl sites for hydroxylation is 1. The minimum Gasteiger partial charge on any atom is -0.352 e. The molecule has 0 radical (unpaired) electrons. The molecule has 1 aliphatic rings. The molecule has 3 aromatic rings. The molecule has 1 aromatic carbocycles. The van der Waals surface area contributed by atoms with Gasteiger partial charge in [0, 0.05) is 18.3 Å². The summed E-state index contributed by atoms with van der Waals surface area (Å²) in [7, 11) is 0. The molecule has 1 unspecified atom stereocenters. The zero-order valence-electron chi connectivity index (χ0n) is 18.9. The first kappa shape index (κ1) is 22.4. The highest BCUT2D eigenvalue weighted by molar-refractivity contribution is 5.97. The highest BCUT2D eigenvalue weighted by atomic mass is 16.1. The van der Waals surface area contributed by atoms with E-state index in [2.05, 4.69) is 28.2 Å². The molecule has 4 N–H and O–H groups in total. The quantitative estimate of drug-likeness (QED) is 0.422. The van der Waals surface area contributed by atoms with Crippen molar-refractivity contribution in [3.63, 3.8) is 0 Å². The van der Waals surface area contributed by atoms with Crippen molar-refractivity contribution in [2.24, 2.45) is 5.73 Å². The van der Waals surface area contributed by atoms with Crippen LogP contribution in [-0.4, -0.2) is 45.4 Å². The Morgan fingerprint density at radius 3 is 3.03 bits per heavy atom. The molecule has 0 bridgehead atoms. The lowest BCUT2D eigenvalue weighted by Crippen LogP contribution is -2.32. The second kappa shape index (κ2) is 10.7. The number of pyridine rings is 1. The third-order valence-electron chi connectivity index (χ3n) is 6.33. The maximum Gasteiger partial charge on any atom is 0.251 e. The van der Waals surface area contributed by atoms with E-state index < -0.39 is 0 Å². The van der Waals surface area contributed by atoms with Gasteiger partial charge >= 0.3 is 0 Å². The molecule has 4 rings (SSSR count). The van der Waals surface area contributed by atoms with Gasteiger partial charge in [-0.05, 0) is 75.0 Å². The van der Waals surface area contributed by atoms with Gasteiger partial charge in [-0.15, -0.1) is 0 Å². The Labute approximate surface area is 189 Å². The maximum absolute atomic E-state index is 12.5. The number of amides is 1. The maximum atomic E-state index is 12.5.